The van der Waals surface area contributed by atoms with Gasteiger partial charge in [0.2, 0.25) is 0 Å². The van der Waals surface area contributed by atoms with Crippen molar-refractivity contribution in [1.29, 1.82) is 0 Å². The van der Waals surface area contributed by atoms with Gasteiger partial charge in [-0.3, -0.25) is 4.99 Å². The van der Waals surface area contributed by atoms with E-state index >= 15 is 0 Å². The van der Waals surface area contributed by atoms with E-state index in [0.717, 1.165) is 29.6 Å². The normalized spacial score (nSPS) is 12.4. The van der Waals surface area contributed by atoms with Crippen molar-refractivity contribution < 1.29 is 4.74 Å². The second-order valence-electron chi connectivity index (χ2n) is 6.02. The highest BCUT2D eigenvalue weighted by atomic mass is 127. The molecule has 26 heavy (non-hydrogen) atoms. The molecule has 0 saturated heterocycles. The number of benzene rings is 1. The monoisotopic (exact) mass is 488 g/mol. The van der Waals surface area contributed by atoms with Gasteiger partial charge in [0.1, 0.15) is 5.01 Å². The zero-order chi connectivity index (χ0) is 18.1. The third-order valence-corrected chi connectivity index (χ3v) is 4.57. The van der Waals surface area contributed by atoms with Crippen LogP contribution in [0.2, 0.25) is 0 Å². The summed E-state index contributed by atoms with van der Waals surface area (Å²) in [6.07, 6.45) is 0.831. The molecule has 144 valence electrons. The molecular formula is C19H29IN4OS. The molecule has 0 aliphatic rings. The first kappa shape index (κ1) is 22.9. The fourth-order valence-electron chi connectivity index (χ4n) is 2.38. The van der Waals surface area contributed by atoms with Crippen LogP contribution in [0.1, 0.15) is 25.1 Å². The van der Waals surface area contributed by atoms with Crippen molar-refractivity contribution in [1.82, 2.24) is 15.6 Å². The smallest absolute Gasteiger partial charge is 0.191 e. The summed E-state index contributed by atoms with van der Waals surface area (Å²) in [5.74, 6) is 0.820. The van der Waals surface area contributed by atoms with Gasteiger partial charge in [0.25, 0.3) is 0 Å². The van der Waals surface area contributed by atoms with Crippen molar-refractivity contribution in [2.75, 3.05) is 26.8 Å². The molecule has 1 aromatic carbocycles. The van der Waals surface area contributed by atoms with E-state index in [1.807, 2.05) is 0 Å². The number of rotatable bonds is 8. The molecule has 2 N–H and O–H groups in total. The fourth-order valence-corrected chi connectivity index (χ4v) is 3.24. The van der Waals surface area contributed by atoms with Crippen LogP contribution in [0.3, 0.4) is 0 Å². The molecule has 1 unspecified atom stereocenters. The van der Waals surface area contributed by atoms with Crippen LogP contribution in [0, 0.1) is 6.92 Å². The van der Waals surface area contributed by atoms with Gasteiger partial charge >= 0.3 is 0 Å². The summed E-state index contributed by atoms with van der Waals surface area (Å²) in [6.45, 7) is 8.41. The standard InChI is InChI=1S/C19H28N4OS.HI/c1-5-20-19(22-15(3)12-24-4)21-11-10-17-13-25-18(23-17)16-8-6-14(2)7-9-16;/h6-9,13,15H,5,10-12H2,1-4H3,(H2,20,21,22);1H. The van der Waals surface area contributed by atoms with Gasteiger partial charge in [-0.15, -0.1) is 35.3 Å². The van der Waals surface area contributed by atoms with E-state index in [-0.39, 0.29) is 30.0 Å². The van der Waals surface area contributed by atoms with Gasteiger partial charge in [0.05, 0.1) is 12.3 Å². The Labute approximate surface area is 177 Å². The number of hydrogen-bond acceptors (Lipinski definition) is 4. The van der Waals surface area contributed by atoms with E-state index in [1.165, 1.54) is 11.1 Å². The lowest BCUT2D eigenvalue weighted by Gasteiger charge is -2.16. The summed E-state index contributed by atoms with van der Waals surface area (Å²) in [5.41, 5.74) is 3.53. The minimum atomic E-state index is 0. The third kappa shape index (κ3) is 7.59. The van der Waals surface area contributed by atoms with Crippen molar-refractivity contribution >= 4 is 41.3 Å². The Kier molecular flexibility index (Phi) is 10.8. The molecule has 1 heterocycles. The van der Waals surface area contributed by atoms with Crippen LogP contribution in [0.15, 0.2) is 34.6 Å². The molecule has 2 rings (SSSR count). The Balaban J connectivity index is 0.00000338. The maximum Gasteiger partial charge on any atom is 0.191 e. The van der Waals surface area contributed by atoms with Crippen LogP contribution >= 0.6 is 35.3 Å². The van der Waals surface area contributed by atoms with Crippen molar-refractivity contribution in [2.24, 2.45) is 4.99 Å². The summed E-state index contributed by atoms with van der Waals surface area (Å²) in [6, 6.07) is 8.71. The van der Waals surface area contributed by atoms with Crippen LogP contribution in [0.25, 0.3) is 10.6 Å². The van der Waals surface area contributed by atoms with Crippen LogP contribution in [-0.2, 0) is 11.2 Å². The van der Waals surface area contributed by atoms with Crippen molar-refractivity contribution in [3.63, 3.8) is 0 Å². The average Bonchev–Trinajstić information content (AvgIpc) is 3.05. The topological polar surface area (TPSA) is 58.5 Å². The largest absolute Gasteiger partial charge is 0.383 e. The predicted octanol–water partition coefficient (Wildman–Crippen LogP) is 3.87. The van der Waals surface area contributed by atoms with Gasteiger partial charge < -0.3 is 15.4 Å². The highest BCUT2D eigenvalue weighted by Gasteiger charge is 2.06. The number of methoxy groups -OCH3 is 1. The van der Waals surface area contributed by atoms with Crippen LogP contribution in [0.4, 0.5) is 0 Å². The third-order valence-electron chi connectivity index (χ3n) is 3.63. The van der Waals surface area contributed by atoms with E-state index in [0.29, 0.717) is 13.2 Å². The van der Waals surface area contributed by atoms with Gasteiger partial charge in [0.15, 0.2) is 5.96 Å². The quantitative estimate of drug-likeness (QED) is 0.337. The highest BCUT2D eigenvalue weighted by molar-refractivity contribution is 14.0. The minimum Gasteiger partial charge on any atom is -0.383 e. The van der Waals surface area contributed by atoms with Crippen molar-refractivity contribution in [3.05, 3.63) is 40.9 Å². The van der Waals surface area contributed by atoms with Gasteiger partial charge in [0, 0.05) is 43.6 Å². The summed E-state index contributed by atoms with van der Waals surface area (Å²) < 4.78 is 5.15. The molecule has 1 aromatic heterocycles. The fraction of sp³-hybridized carbons (Fsp3) is 0.474. The maximum absolute atomic E-state index is 5.15. The molecule has 2 aromatic rings. The number of hydrogen-bond donors (Lipinski definition) is 2. The first-order valence-electron chi connectivity index (χ1n) is 8.67. The number of guanidine groups is 1. The lowest BCUT2D eigenvalue weighted by molar-refractivity contribution is 0.179. The Bertz CT molecular complexity index is 672. The van der Waals surface area contributed by atoms with Crippen molar-refractivity contribution in [2.45, 2.75) is 33.2 Å². The number of halogens is 1. The van der Waals surface area contributed by atoms with E-state index in [2.05, 4.69) is 66.0 Å². The van der Waals surface area contributed by atoms with Gasteiger partial charge in [-0.2, -0.15) is 0 Å². The summed E-state index contributed by atoms with van der Waals surface area (Å²) in [5, 5.41) is 9.79. The van der Waals surface area contributed by atoms with Crippen LogP contribution in [-0.4, -0.2) is 43.8 Å². The Morgan fingerprint density at radius 2 is 2.04 bits per heavy atom. The first-order chi connectivity index (χ1) is 12.1. The molecule has 0 radical (unpaired) electrons. The first-order valence-corrected chi connectivity index (χ1v) is 9.55. The lowest BCUT2D eigenvalue weighted by atomic mass is 10.2. The molecule has 0 spiro atoms. The van der Waals surface area contributed by atoms with E-state index in [1.54, 1.807) is 18.4 Å². The number of ether oxygens (including phenoxy) is 1. The minimum absolute atomic E-state index is 0. The molecule has 0 aliphatic carbocycles. The Hall–Kier alpha value is -1.19. The highest BCUT2D eigenvalue weighted by Crippen LogP contribution is 2.24. The predicted molar refractivity (Wildman–Crippen MR) is 122 cm³/mol. The van der Waals surface area contributed by atoms with Crippen LogP contribution < -0.4 is 10.6 Å². The number of aryl methyl sites for hydroxylation is 1. The number of nitrogens with zero attached hydrogens (tertiary/aromatic N) is 2. The summed E-state index contributed by atoms with van der Waals surface area (Å²) >= 11 is 1.69. The molecule has 7 heteroatoms. The SMILES string of the molecule is CCNC(=NCCc1csc(-c2ccc(C)cc2)n1)NC(C)COC.I. The van der Waals surface area contributed by atoms with E-state index in [4.69, 9.17) is 9.72 Å². The molecule has 0 amide bonds. The van der Waals surface area contributed by atoms with Crippen molar-refractivity contribution in [3.8, 4) is 10.6 Å². The average molecular weight is 488 g/mol. The molecule has 0 bridgehead atoms. The second-order valence-corrected chi connectivity index (χ2v) is 6.88. The second kappa shape index (κ2) is 12.2. The number of thiazole rings is 1. The Morgan fingerprint density at radius 3 is 2.69 bits per heavy atom. The number of aliphatic imine (C=N–C) groups is 1. The zero-order valence-corrected chi connectivity index (χ0v) is 19.1. The molecule has 5 nitrogen and oxygen atoms in total. The molecular weight excluding hydrogens is 459 g/mol. The summed E-state index contributed by atoms with van der Waals surface area (Å²) in [7, 11) is 1.70. The van der Waals surface area contributed by atoms with Gasteiger partial charge in [-0.25, -0.2) is 4.98 Å². The molecule has 1 atom stereocenters. The number of nitrogens with one attached hydrogen (secondary N) is 2. The number of aromatic nitrogens is 1. The lowest BCUT2D eigenvalue weighted by Crippen LogP contribution is -2.44. The van der Waals surface area contributed by atoms with E-state index < -0.39 is 0 Å². The molecule has 0 aliphatic heterocycles. The molecule has 0 saturated carbocycles. The van der Waals surface area contributed by atoms with Gasteiger partial charge in [-0.05, 0) is 20.8 Å². The van der Waals surface area contributed by atoms with Crippen LogP contribution in [0.5, 0.6) is 0 Å². The molecule has 0 fully saturated rings. The summed E-state index contributed by atoms with van der Waals surface area (Å²) in [4.78, 5) is 9.36. The Morgan fingerprint density at radius 1 is 1.31 bits per heavy atom. The van der Waals surface area contributed by atoms with E-state index in [9.17, 15) is 0 Å². The maximum atomic E-state index is 5.15. The van der Waals surface area contributed by atoms with Gasteiger partial charge in [-0.1, -0.05) is 29.8 Å². The zero-order valence-electron chi connectivity index (χ0n) is 15.9.